The number of fused-ring (bicyclic) bond motifs is 1. The van der Waals surface area contributed by atoms with Crippen molar-refractivity contribution in [1.82, 2.24) is 14.9 Å². The van der Waals surface area contributed by atoms with Gasteiger partial charge in [0.25, 0.3) is 0 Å². The molecule has 3 rings (SSSR count). The first kappa shape index (κ1) is 13.9. The molecule has 0 saturated carbocycles. The molecular weight excluding hydrogens is 252 g/mol. The molecule has 1 aromatic heterocycles. The number of hydrogen-bond acceptors (Lipinski definition) is 4. The van der Waals surface area contributed by atoms with Gasteiger partial charge in [-0.05, 0) is 31.7 Å². The molecule has 3 heterocycles. The SMILES string of the molecule is CCc1cn(CCOC)c(N2CC3CCCNC3C2)n1. The Labute approximate surface area is 121 Å². The summed E-state index contributed by atoms with van der Waals surface area (Å²) in [6.45, 7) is 7.21. The second-order valence-electron chi connectivity index (χ2n) is 5.94. The first-order valence-corrected chi connectivity index (χ1v) is 7.85. The van der Waals surface area contributed by atoms with Gasteiger partial charge in [0.05, 0.1) is 12.3 Å². The topological polar surface area (TPSA) is 42.3 Å². The second-order valence-corrected chi connectivity index (χ2v) is 5.94. The van der Waals surface area contributed by atoms with E-state index in [1.807, 2.05) is 0 Å². The van der Waals surface area contributed by atoms with Crippen LogP contribution in [0, 0.1) is 5.92 Å². The molecule has 0 aliphatic carbocycles. The Morgan fingerprint density at radius 3 is 3.10 bits per heavy atom. The minimum Gasteiger partial charge on any atom is -0.383 e. The number of aromatic nitrogens is 2. The van der Waals surface area contributed by atoms with Crippen molar-refractivity contribution in [2.45, 2.75) is 38.8 Å². The van der Waals surface area contributed by atoms with Crippen molar-refractivity contribution in [3.63, 3.8) is 0 Å². The van der Waals surface area contributed by atoms with Crippen molar-refractivity contribution in [3.8, 4) is 0 Å². The zero-order valence-electron chi connectivity index (χ0n) is 12.6. The van der Waals surface area contributed by atoms with Crippen molar-refractivity contribution >= 4 is 5.95 Å². The fraction of sp³-hybridized carbons (Fsp3) is 0.800. The lowest BCUT2D eigenvalue weighted by Gasteiger charge is -2.24. The van der Waals surface area contributed by atoms with Gasteiger partial charge in [-0.1, -0.05) is 6.92 Å². The third-order valence-corrected chi connectivity index (χ3v) is 4.59. The Bertz CT molecular complexity index is 431. The van der Waals surface area contributed by atoms with E-state index in [4.69, 9.17) is 9.72 Å². The van der Waals surface area contributed by atoms with Crippen molar-refractivity contribution in [2.75, 3.05) is 38.3 Å². The van der Waals surface area contributed by atoms with E-state index in [1.54, 1.807) is 7.11 Å². The number of rotatable bonds is 5. The third kappa shape index (κ3) is 2.69. The summed E-state index contributed by atoms with van der Waals surface area (Å²) in [5.41, 5.74) is 1.18. The molecule has 112 valence electrons. The van der Waals surface area contributed by atoms with Gasteiger partial charge in [-0.15, -0.1) is 0 Å². The molecule has 1 N–H and O–H groups in total. The Hall–Kier alpha value is -1.07. The molecule has 2 saturated heterocycles. The number of ether oxygens (including phenoxy) is 1. The maximum Gasteiger partial charge on any atom is 0.205 e. The Morgan fingerprint density at radius 1 is 1.45 bits per heavy atom. The van der Waals surface area contributed by atoms with Gasteiger partial charge in [-0.3, -0.25) is 0 Å². The van der Waals surface area contributed by atoms with Crippen molar-refractivity contribution in [1.29, 1.82) is 0 Å². The van der Waals surface area contributed by atoms with Crippen LogP contribution < -0.4 is 10.2 Å². The Balaban J connectivity index is 1.76. The van der Waals surface area contributed by atoms with Crippen LogP contribution in [0.25, 0.3) is 0 Å². The second kappa shape index (κ2) is 6.14. The highest BCUT2D eigenvalue weighted by Gasteiger charge is 2.35. The smallest absolute Gasteiger partial charge is 0.205 e. The van der Waals surface area contributed by atoms with Gasteiger partial charge in [-0.25, -0.2) is 4.98 Å². The number of piperidine rings is 1. The maximum absolute atomic E-state index is 5.22. The lowest BCUT2D eigenvalue weighted by Crippen LogP contribution is -2.40. The fourth-order valence-corrected chi connectivity index (χ4v) is 3.45. The van der Waals surface area contributed by atoms with E-state index in [-0.39, 0.29) is 0 Å². The van der Waals surface area contributed by atoms with Crippen LogP contribution in [0.5, 0.6) is 0 Å². The van der Waals surface area contributed by atoms with E-state index in [2.05, 4.69) is 27.9 Å². The summed E-state index contributed by atoms with van der Waals surface area (Å²) < 4.78 is 7.48. The minimum absolute atomic E-state index is 0.654. The molecule has 5 heteroatoms. The van der Waals surface area contributed by atoms with Crippen LogP contribution in [0.4, 0.5) is 5.95 Å². The number of nitrogens with one attached hydrogen (secondary N) is 1. The zero-order chi connectivity index (χ0) is 13.9. The first-order chi connectivity index (χ1) is 9.81. The molecule has 0 radical (unpaired) electrons. The fourth-order valence-electron chi connectivity index (χ4n) is 3.45. The predicted molar refractivity (Wildman–Crippen MR) is 80.2 cm³/mol. The summed E-state index contributed by atoms with van der Waals surface area (Å²) >= 11 is 0. The Morgan fingerprint density at radius 2 is 2.35 bits per heavy atom. The maximum atomic E-state index is 5.22. The highest BCUT2D eigenvalue weighted by Crippen LogP contribution is 2.28. The molecule has 20 heavy (non-hydrogen) atoms. The number of methoxy groups -OCH3 is 1. The van der Waals surface area contributed by atoms with E-state index >= 15 is 0 Å². The zero-order valence-corrected chi connectivity index (χ0v) is 12.6. The molecule has 0 amide bonds. The molecule has 5 nitrogen and oxygen atoms in total. The Kier molecular flexibility index (Phi) is 4.27. The molecular formula is C15H26N4O. The van der Waals surface area contributed by atoms with Gasteiger partial charge in [-0.2, -0.15) is 0 Å². The van der Waals surface area contributed by atoms with Gasteiger partial charge < -0.3 is 19.5 Å². The number of anilines is 1. The molecule has 2 atom stereocenters. The van der Waals surface area contributed by atoms with Gasteiger partial charge in [0.15, 0.2) is 0 Å². The first-order valence-electron chi connectivity index (χ1n) is 7.85. The number of imidazole rings is 1. The van der Waals surface area contributed by atoms with Crippen molar-refractivity contribution in [2.24, 2.45) is 5.92 Å². The van der Waals surface area contributed by atoms with Crippen LogP contribution in [-0.4, -0.2) is 48.9 Å². The highest BCUT2D eigenvalue weighted by atomic mass is 16.5. The third-order valence-electron chi connectivity index (χ3n) is 4.59. The summed E-state index contributed by atoms with van der Waals surface area (Å²) in [6.07, 6.45) is 5.84. The number of nitrogens with zero attached hydrogens (tertiary/aromatic N) is 3. The normalized spacial score (nSPS) is 26.0. The summed E-state index contributed by atoms with van der Waals surface area (Å²) in [4.78, 5) is 7.29. The van der Waals surface area contributed by atoms with Crippen molar-refractivity contribution < 1.29 is 4.74 Å². The van der Waals surface area contributed by atoms with E-state index in [0.29, 0.717) is 6.04 Å². The molecule has 2 unspecified atom stereocenters. The van der Waals surface area contributed by atoms with Crippen LogP contribution in [-0.2, 0) is 17.7 Å². The standard InChI is InChI=1S/C15H26N4O/c1-3-13-10-18(7-8-20-2)15(17-13)19-9-12-5-4-6-16-14(12)11-19/h10,12,14,16H,3-9,11H2,1-2H3. The highest BCUT2D eigenvalue weighted by molar-refractivity contribution is 5.36. The average molecular weight is 278 g/mol. The van der Waals surface area contributed by atoms with E-state index in [9.17, 15) is 0 Å². The summed E-state index contributed by atoms with van der Waals surface area (Å²) in [7, 11) is 1.76. The van der Waals surface area contributed by atoms with Gasteiger partial charge in [0.2, 0.25) is 5.95 Å². The molecule has 0 bridgehead atoms. The largest absolute Gasteiger partial charge is 0.383 e. The predicted octanol–water partition coefficient (Wildman–Crippen LogP) is 1.28. The van der Waals surface area contributed by atoms with Crippen LogP contribution in [0.1, 0.15) is 25.5 Å². The van der Waals surface area contributed by atoms with Crippen LogP contribution >= 0.6 is 0 Å². The molecule has 2 aliphatic heterocycles. The minimum atomic E-state index is 0.654. The van der Waals surface area contributed by atoms with Crippen LogP contribution in [0.3, 0.4) is 0 Å². The molecule has 0 aromatic carbocycles. The van der Waals surface area contributed by atoms with Gasteiger partial charge in [0.1, 0.15) is 0 Å². The molecule has 1 aromatic rings. The van der Waals surface area contributed by atoms with Crippen LogP contribution in [0.2, 0.25) is 0 Å². The average Bonchev–Trinajstić information content (AvgIpc) is 3.08. The monoisotopic (exact) mass is 278 g/mol. The summed E-state index contributed by atoms with van der Waals surface area (Å²) in [6, 6.07) is 0.654. The summed E-state index contributed by atoms with van der Waals surface area (Å²) in [5, 5.41) is 3.66. The quantitative estimate of drug-likeness (QED) is 0.881. The molecule has 2 fully saturated rings. The van der Waals surface area contributed by atoms with E-state index in [0.717, 1.165) is 44.5 Å². The van der Waals surface area contributed by atoms with Gasteiger partial charge >= 0.3 is 0 Å². The molecule has 0 spiro atoms. The van der Waals surface area contributed by atoms with Gasteiger partial charge in [0, 0.05) is 39.0 Å². The summed E-state index contributed by atoms with van der Waals surface area (Å²) in [5.74, 6) is 1.93. The number of hydrogen-bond donors (Lipinski definition) is 1. The van der Waals surface area contributed by atoms with Crippen molar-refractivity contribution in [3.05, 3.63) is 11.9 Å². The van der Waals surface area contributed by atoms with E-state index < -0.39 is 0 Å². The van der Waals surface area contributed by atoms with E-state index in [1.165, 1.54) is 25.1 Å². The van der Waals surface area contributed by atoms with Crippen LogP contribution in [0.15, 0.2) is 6.20 Å². The lowest BCUT2D eigenvalue weighted by molar-refractivity contribution is 0.187. The lowest BCUT2D eigenvalue weighted by atomic mass is 9.94. The number of aryl methyl sites for hydroxylation is 1. The molecule has 2 aliphatic rings.